The molecule has 0 aromatic heterocycles. The minimum atomic E-state index is -3.86. The topological polar surface area (TPSA) is 138 Å². The number of benzene rings is 4. The number of aliphatic hydroxyl groups is 1. The zero-order valence-electron chi connectivity index (χ0n) is 27.5. The summed E-state index contributed by atoms with van der Waals surface area (Å²) in [4.78, 5) is 24.8. The maximum absolute atomic E-state index is 13.2. The van der Waals surface area contributed by atoms with Gasteiger partial charge in [-0.25, -0.2) is 21.6 Å². The molecule has 0 radical (unpaired) electrons. The van der Waals surface area contributed by atoms with Gasteiger partial charge in [-0.3, -0.25) is 13.4 Å². The molecule has 0 aliphatic carbocycles. The molecule has 10 nitrogen and oxygen atoms in total. The van der Waals surface area contributed by atoms with Crippen molar-refractivity contribution in [3.8, 4) is 0 Å². The lowest BCUT2D eigenvalue weighted by Gasteiger charge is -2.24. The number of fused-ring (bicyclic) bond motifs is 2. The Bertz CT molecular complexity index is 2110. The second-order valence-corrected chi connectivity index (χ2v) is 15.4. The van der Waals surface area contributed by atoms with Crippen molar-refractivity contribution in [2.75, 3.05) is 28.3 Å². The van der Waals surface area contributed by atoms with Crippen molar-refractivity contribution in [3.63, 3.8) is 0 Å². The number of hydrogen-bond acceptors (Lipinski definition) is 8. The van der Waals surface area contributed by atoms with Gasteiger partial charge in [0.2, 0.25) is 0 Å². The van der Waals surface area contributed by atoms with Crippen molar-refractivity contribution < 1.29 is 36.3 Å². The summed E-state index contributed by atoms with van der Waals surface area (Å²) in [5, 5.41) is 10.6. The normalized spacial score (nSPS) is 14.9. The van der Waals surface area contributed by atoms with Gasteiger partial charge in [0.25, 0.3) is 20.0 Å². The molecule has 0 fully saturated rings. The van der Waals surface area contributed by atoms with E-state index in [0.29, 0.717) is 36.3 Å². The van der Waals surface area contributed by atoms with Crippen LogP contribution in [0.4, 0.5) is 11.4 Å². The van der Waals surface area contributed by atoms with E-state index in [0.717, 1.165) is 11.1 Å². The number of carbonyl (C=O) groups is 2. The van der Waals surface area contributed by atoms with Crippen LogP contribution in [0.25, 0.3) is 5.76 Å². The van der Waals surface area contributed by atoms with Gasteiger partial charge in [-0.1, -0.05) is 59.7 Å². The molecule has 0 amide bonds. The van der Waals surface area contributed by atoms with Crippen LogP contribution in [0.2, 0.25) is 0 Å². The number of aryl methyl sites for hydroxylation is 2. The third-order valence-electron chi connectivity index (χ3n) is 8.26. The molecule has 1 N–H and O–H groups in total. The van der Waals surface area contributed by atoms with E-state index in [1.54, 1.807) is 104 Å². The molecular formula is C37H38N2O8S2. The Kier molecular flexibility index (Phi) is 10.6. The summed E-state index contributed by atoms with van der Waals surface area (Å²) in [7, 11) is -7.51. The highest BCUT2D eigenvalue weighted by Gasteiger charge is 2.33. The lowest BCUT2D eigenvalue weighted by molar-refractivity contribution is -0.138. The number of anilines is 2. The number of para-hydroxylation sites is 2. The Labute approximate surface area is 287 Å². The molecule has 12 heteroatoms. The SMILES string of the molecule is CCOC(=O)C1=C(O)c2ccccc2N(S(=O)(=O)c2ccc(C)cc2)CC1.Cc1ccc(S(=O)(=O)N2CCCC(=O)c3ccccc32)cc1. The van der Waals surface area contributed by atoms with E-state index in [1.165, 1.54) is 8.61 Å². The summed E-state index contributed by atoms with van der Waals surface area (Å²) in [5.74, 6) is -0.887. The van der Waals surface area contributed by atoms with Gasteiger partial charge in [-0.2, -0.15) is 0 Å². The maximum atomic E-state index is 13.2. The van der Waals surface area contributed by atoms with Gasteiger partial charge in [-0.15, -0.1) is 0 Å². The average molecular weight is 703 g/mol. The van der Waals surface area contributed by atoms with Crippen LogP contribution in [-0.4, -0.2) is 53.4 Å². The van der Waals surface area contributed by atoms with Gasteiger partial charge in [0.15, 0.2) is 5.78 Å². The summed E-state index contributed by atoms with van der Waals surface area (Å²) in [5.41, 5.74) is 3.61. The third kappa shape index (κ3) is 7.40. The standard InChI is InChI=1S/C20H21NO5S.C17H17NO3S/c1-3-26-20(23)17-12-13-21(18-7-5-4-6-16(18)19(17)22)27(24,25)15-10-8-14(2)9-11-15;1-13-8-10-14(11-9-13)22(20,21)18-12-4-7-17(19)15-5-2-3-6-16(15)18/h4-11,22H,3,12-13H2,1-2H3;2-3,5-6,8-11H,4,7,12H2,1H3. The Morgan fingerprint density at radius 1 is 0.694 bits per heavy atom. The van der Waals surface area contributed by atoms with E-state index in [1.807, 2.05) is 13.8 Å². The molecule has 0 atom stereocenters. The maximum Gasteiger partial charge on any atom is 0.337 e. The number of rotatable bonds is 6. The quantitative estimate of drug-likeness (QED) is 0.222. The van der Waals surface area contributed by atoms with Crippen LogP contribution in [0, 0.1) is 13.8 Å². The van der Waals surface area contributed by atoms with Crippen LogP contribution in [0.3, 0.4) is 0 Å². The van der Waals surface area contributed by atoms with E-state index >= 15 is 0 Å². The highest BCUT2D eigenvalue weighted by atomic mass is 32.2. The first kappa shape index (κ1) is 35.4. The Morgan fingerprint density at radius 2 is 1.16 bits per heavy atom. The van der Waals surface area contributed by atoms with Crippen molar-refractivity contribution in [2.24, 2.45) is 0 Å². The Balaban J connectivity index is 0.000000195. The number of ketones is 1. The number of hydrogen-bond donors (Lipinski definition) is 1. The van der Waals surface area contributed by atoms with E-state index in [-0.39, 0.29) is 52.0 Å². The number of aliphatic hydroxyl groups excluding tert-OH is 1. The van der Waals surface area contributed by atoms with Gasteiger partial charge in [0, 0.05) is 37.1 Å². The Morgan fingerprint density at radius 3 is 1.69 bits per heavy atom. The van der Waals surface area contributed by atoms with Gasteiger partial charge >= 0.3 is 5.97 Å². The van der Waals surface area contributed by atoms with Crippen molar-refractivity contribution in [3.05, 3.63) is 125 Å². The molecule has 6 rings (SSSR count). The summed E-state index contributed by atoms with van der Waals surface area (Å²) in [6.45, 7) is 5.98. The minimum Gasteiger partial charge on any atom is -0.507 e. The number of nitrogens with zero attached hydrogens (tertiary/aromatic N) is 2. The van der Waals surface area contributed by atoms with Crippen molar-refractivity contribution in [2.45, 2.75) is 49.8 Å². The summed E-state index contributed by atoms with van der Waals surface area (Å²) in [6.07, 6.45) is 0.944. The van der Waals surface area contributed by atoms with Gasteiger partial charge in [0.05, 0.1) is 33.3 Å². The van der Waals surface area contributed by atoms with Crippen LogP contribution in [0.1, 0.15) is 53.2 Å². The lowest BCUT2D eigenvalue weighted by Crippen LogP contribution is -2.32. The minimum absolute atomic E-state index is 0.00259. The van der Waals surface area contributed by atoms with Crippen molar-refractivity contribution in [1.82, 2.24) is 0 Å². The molecule has 4 aromatic rings. The Hall–Kier alpha value is -4.94. The average Bonchev–Trinajstić information content (AvgIpc) is 3.35. The molecule has 0 unspecified atom stereocenters. The van der Waals surface area contributed by atoms with Crippen molar-refractivity contribution >= 4 is 48.9 Å². The monoisotopic (exact) mass is 702 g/mol. The molecule has 49 heavy (non-hydrogen) atoms. The van der Waals surface area contributed by atoms with Crippen molar-refractivity contribution in [1.29, 1.82) is 0 Å². The molecule has 2 heterocycles. The number of esters is 1. The predicted octanol–water partition coefficient (Wildman–Crippen LogP) is 6.59. The highest BCUT2D eigenvalue weighted by Crippen LogP contribution is 2.36. The second-order valence-electron chi connectivity index (χ2n) is 11.6. The summed E-state index contributed by atoms with van der Waals surface area (Å²) in [6, 6.07) is 26.8. The van der Waals surface area contributed by atoms with Crippen LogP contribution >= 0.6 is 0 Å². The van der Waals surface area contributed by atoms with E-state index in [9.17, 15) is 31.5 Å². The molecule has 0 spiro atoms. The highest BCUT2D eigenvalue weighted by molar-refractivity contribution is 7.93. The zero-order valence-corrected chi connectivity index (χ0v) is 29.1. The molecule has 4 aromatic carbocycles. The van der Waals surface area contributed by atoms with Crippen LogP contribution in [-0.2, 0) is 29.6 Å². The first-order chi connectivity index (χ1) is 23.4. The fourth-order valence-corrected chi connectivity index (χ4v) is 8.67. The predicted molar refractivity (Wildman–Crippen MR) is 189 cm³/mol. The molecule has 0 bridgehead atoms. The number of Topliss-reactive ketones (excluding diaryl/α,β-unsaturated/α-hetero) is 1. The summed E-state index contributed by atoms with van der Waals surface area (Å²) >= 11 is 0. The molecule has 2 aliphatic rings. The second kappa shape index (κ2) is 14.7. The molecular weight excluding hydrogens is 665 g/mol. The fourth-order valence-electron chi connectivity index (χ4n) is 5.66. The first-order valence-corrected chi connectivity index (χ1v) is 18.7. The van der Waals surface area contributed by atoms with E-state index in [4.69, 9.17) is 4.74 Å². The van der Waals surface area contributed by atoms with E-state index in [2.05, 4.69) is 0 Å². The summed E-state index contributed by atoms with van der Waals surface area (Å²) < 4.78 is 59.9. The van der Waals surface area contributed by atoms with Crippen LogP contribution in [0.5, 0.6) is 0 Å². The van der Waals surface area contributed by atoms with Crippen LogP contribution < -0.4 is 8.61 Å². The van der Waals surface area contributed by atoms with Crippen LogP contribution in [0.15, 0.2) is 112 Å². The van der Waals surface area contributed by atoms with Gasteiger partial charge in [0.1, 0.15) is 5.76 Å². The number of carbonyl (C=O) groups excluding carboxylic acids is 2. The number of sulfonamides is 2. The molecule has 256 valence electrons. The number of ether oxygens (including phenoxy) is 1. The van der Waals surface area contributed by atoms with Gasteiger partial charge < -0.3 is 9.84 Å². The molecule has 2 aliphatic heterocycles. The zero-order chi connectivity index (χ0) is 35.3. The third-order valence-corrected chi connectivity index (χ3v) is 11.9. The lowest BCUT2D eigenvalue weighted by atomic mass is 10.1. The first-order valence-electron chi connectivity index (χ1n) is 15.9. The smallest absolute Gasteiger partial charge is 0.337 e. The van der Waals surface area contributed by atoms with E-state index < -0.39 is 26.0 Å². The molecule has 0 saturated carbocycles. The molecule has 0 saturated heterocycles. The fraction of sp³-hybridized carbons (Fsp3) is 0.243. The van der Waals surface area contributed by atoms with Gasteiger partial charge in [-0.05, 0) is 75.7 Å². The largest absolute Gasteiger partial charge is 0.507 e.